The van der Waals surface area contributed by atoms with Gasteiger partial charge in [-0.25, -0.2) is 0 Å². The van der Waals surface area contributed by atoms with Crippen LogP contribution >= 0.6 is 12.2 Å². The van der Waals surface area contributed by atoms with Crippen LogP contribution in [0.25, 0.3) is 6.08 Å². The van der Waals surface area contributed by atoms with Crippen LogP contribution in [0.15, 0.2) is 66.8 Å². The molecule has 146 valence electrons. The van der Waals surface area contributed by atoms with Crippen molar-refractivity contribution in [2.75, 3.05) is 18.5 Å². The molecule has 0 fully saturated rings. The zero-order valence-electron chi connectivity index (χ0n) is 16.0. The van der Waals surface area contributed by atoms with E-state index in [-0.39, 0.29) is 11.0 Å². The smallest absolute Gasteiger partial charge is 0.250 e. The van der Waals surface area contributed by atoms with Crippen LogP contribution < -0.4 is 20.1 Å². The Labute approximate surface area is 171 Å². The zero-order chi connectivity index (χ0) is 20.4. The number of rotatable bonds is 8. The van der Waals surface area contributed by atoms with Gasteiger partial charge < -0.3 is 14.8 Å². The second kappa shape index (κ2) is 10.9. The molecule has 0 atom stereocenters. The number of hydrogen-bond donors (Lipinski definition) is 2. The van der Waals surface area contributed by atoms with Gasteiger partial charge in [-0.15, -0.1) is 0 Å². The Balaban J connectivity index is 1.81. The van der Waals surface area contributed by atoms with Gasteiger partial charge in [-0.2, -0.15) is 0 Å². The molecule has 0 heterocycles. The third kappa shape index (κ3) is 7.63. The van der Waals surface area contributed by atoms with Crippen LogP contribution in [0.4, 0.5) is 5.69 Å². The minimum absolute atomic E-state index is 0.219. The van der Waals surface area contributed by atoms with E-state index in [1.165, 1.54) is 6.08 Å². The van der Waals surface area contributed by atoms with Gasteiger partial charge in [0.05, 0.1) is 6.61 Å². The first-order chi connectivity index (χ1) is 13.5. The van der Waals surface area contributed by atoms with E-state index in [2.05, 4.69) is 17.2 Å². The van der Waals surface area contributed by atoms with Gasteiger partial charge in [-0.3, -0.25) is 10.1 Å². The summed E-state index contributed by atoms with van der Waals surface area (Å²) in [6, 6.07) is 14.8. The van der Waals surface area contributed by atoms with Gasteiger partial charge >= 0.3 is 0 Å². The Morgan fingerprint density at radius 3 is 2.29 bits per heavy atom. The fourth-order valence-corrected chi connectivity index (χ4v) is 2.39. The first-order valence-electron chi connectivity index (χ1n) is 8.86. The highest BCUT2D eigenvalue weighted by Gasteiger charge is 2.02. The number of anilines is 1. The van der Waals surface area contributed by atoms with Crippen molar-refractivity contribution in [3.05, 3.63) is 72.3 Å². The summed E-state index contributed by atoms with van der Waals surface area (Å²) in [5, 5.41) is 5.79. The molecule has 0 saturated heterocycles. The molecule has 0 radical (unpaired) electrons. The highest BCUT2D eigenvalue weighted by atomic mass is 32.1. The van der Waals surface area contributed by atoms with Crippen molar-refractivity contribution >= 4 is 35.0 Å². The van der Waals surface area contributed by atoms with Crippen molar-refractivity contribution in [2.24, 2.45) is 0 Å². The Morgan fingerprint density at radius 1 is 1.07 bits per heavy atom. The molecule has 0 aliphatic rings. The van der Waals surface area contributed by atoms with Gasteiger partial charge in [0.15, 0.2) is 5.11 Å². The number of benzene rings is 2. The average molecular weight is 397 g/mol. The molecule has 2 rings (SSSR count). The quantitative estimate of drug-likeness (QED) is 0.389. The van der Waals surface area contributed by atoms with Gasteiger partial charge in [-0.1, -0.05) is 18.7 Å². The van der Waals surface area contributed by atoms with Gasteiger partial charge in [0.1, 0.15) is 18.1 Å². The summed E-state index contributed by atoms with van der Waals surface area (Å²) in [5.41, 5.74) is 2.59. The van der Waals surface area contributed by atoms with Gasteiger partial charge in [0, 0.05) is 11.8 Å². The average Bonchev–Trinajstić information content (AvgIpc) is 2.67. The monoisotopic (exact) mass is 396 g/mol. The molecule has 0 unspecified atom stereocenters. The molecule has 2 N–H and O–H groups in total. The largest absolute Gasteiger partial charge is 0.494 e. The van der Waals surface area contributed by atoms with Crippen LogP contribution in [0.1, 0.15) is 19.4 Å². The summed E-state index contributed by atoms with van der Waals surface area (Å²) in [6.45, 7) is 8.72. The van der Waals surface area contributed by atoms with Crippen LogP contribution in [-0.2, 0) is 4.79 Å². The SMILES string of the molecule is C=C(C)COc1ccc(NC(=S)NC(=O)/C=C/c2ccc(OCC)cc2)cc1. The number of nitrogens with one attached hydrogen (secondary N) is 2. The highest BCUT2D eigenvalue weighted by molar-refractivity contribution is 7.80. The van der Waals surface area contributed by atoms with Gasteiger partial charge in [-0.05, 0) is 79.7 Å². The summed E-state index contributed by atoms with van der Waals surface area (Å²) in [6.07, 6.45) is 3.14. The van der Waals surface area contributed by atoms with E-state index in [1.54, 1.807) is 6.08 Å². The number of thiocarbonyl (C=S) groups is 1. The normalized spacial score (nSPS) is 10.4. The fraction of sp³-hybridized carbons (Fsp3) is 0.182. The predicted octanol–water partition coefficient (Wildman–Crippen LogP) is 4.57. The molecule has 0 aliphatic carbocycles. The number of ether oxygens (including phenoxy) is 2. The number of amides is 1. The van der Waals surface area contributed by atoms with Crippen molar-refractivity contribution in [1.82, 2.24) is 5.32 Å². The summed E-state index contributed by atoms with van der Waals surface area (Å²) in [5.74, 6) is 1.22. The summed E-state index contributed by atoms with van der Waals surface area (Å²) < 4.78 is 10.9. The van der Waals surface area contributed by atoms with Crippen LogP contribution in [0, 0.1) is 0 Å². The maximum Gasteiger partial charge on any atom is 0.250 e. The summed E-state index contributed by atoms with van der Waals surface area (Å²) in [4.78, 5) is 12.0. The Bertz CT molecular complexity index is 843. The van der Waals surface area contributed by atoms with E-state index in [1.807, 2.05) is 62.4 Å². The van der Waals surface area contributed by atoms with E-state index in [9.17, 15) is 4.79 Å². The third-order valence-corrected chi connectivity index (χ3v) is 3.66. The molecule has 28 heavy (non-hydrogen) atoms. The number of carbonyl (C=O) groups excluding carboxylic acids is 1. The van der Waals surface area contributed by atoms with E-state index < -0.39 is 0 Å². The zero-order valence-corrected chi connectivity index (χ0v) is 16.8. The standard InChI is InChI=1S/C22H24N2O3S/c1-4-26-19-10-5-17(6-11-19)7-14-21(25)24-22(28)23-18-8-12-20(13-9-18)27-15-16(2)3/h5-14H,2,4,15H2,1,3H3,(H2,23,24,25,28)/b14-7+. The van der Waals surface area contributed by atoms with Crippen LogP contribution in [0.3, 0.4) is 0 Å². The molecular formula is C22H24N2O3S. The lowest BCUT2D eigenvalue weighted by Gasteiger charge is -2.10. The number of carbonyl (C=O) groups is 1. The molecule has 0 aliphatic heterocycles. The summed E-state index contributed by atoms with van der Waals surface area (Å²) >= 11 is 5.17. The van der Waals surface area contributed by atoms with E-state index in [4.69, 9.17) is 21.7 Å². The van der Waals surface area contributed by atoms with E-state index >= 15 is 0 Å². The first kappa shape index (κ1) is 21.2. The molecule has 0 bridgehead atoms. The molecule has 2 aromatic rings. The second-order valence-corrected chi connectivity index (χ2v) is 6.46. The third-order valence-electron chi connectivity index (χ3n) is 3.45. The van der Waals surface area contributed by atoms with Crippen molar-refractivity contribution in [1.29, 1.82) is 0 Å². The molecule has 2 aromatic carbocycles. The Hall–Kier alpha value is -3.12. The van der Waals surface area contributed by atoms with Gasteiger partial charge in [0.2, 0.25) is 5.91 Å². The van der Waals surface area contributed by atoms with Crippen LogP contribution in [0.5, 0.6) is 11.5 Å². The van der Waals surface area contributed by atoms with Crippen molar-refractivity contribution in [3.63, 3.8) is 0 Å². The van der Waals surface area contributed by atoms with Gasteiger partial charge in [0.25, 0.3) is 0 Å². The molecular weight excluding hydrogens is 372 g/mol. The van der Waals surface area contributed by atoms with Crippen molar-refractivity contribution in [3.8, 4) is 11.5 Å². The second-order valence-electron chi connectivity index (χ2n) is 6.05. The number of hydrogen-bond acceptors (Lipinski definition) is 4. The lowest BCUT2D eigenvalue weighted by atomic mass is 10.2. The van der Waals surface area contributed by atoms with Crippen LogP contribution in [0.2, 0.25) is 0 Å². The Kier molecular flexibility index (Phi) is 8.24. The lowest BCUT2D eigenvalue weighted by Crippen LogP contribution is -2.32. The van der Waals surface area contributed by atoms with Crippen molar-refractivity contribution in [2.45, 2.75) is 13.8 Å². The molecule has 0 spiro atoms. The maximum atomic E-state index is 12.0. The lowest BCUT2D eigenvalue weighted by molar-refractivity contribution is -0.115. The van der Waals surface area contributed by atoms with E-state index in [0.29, 0.717) is 13.2 Å². The topological polar surface area (TPSA) is 59.6 Å². The molecule has 6 heteroatoms. The molecule has 0 aromatic heterocycles. The molecule has 5 nitrogen and oxygen atoms in total. The minimum Gasteiger partial charge on any atom is -0.494 e. The Morgan fingerprint density at radius 2 is 1.68 bits per heavy atom. The minimum atomic E-state index is -0.312. The predicted molar refractivity (Wildman–Crippen MR) is 118 cm³/mol. The van der Waals surface area contributed by atoms with Crippen molar-refractivity contribution < 1.29 is 14.3 Å². The molecule has 1 amide bonds. The fourth-order valence-electron chi connectivity index (χ4n) is 2.17. The first-order valence-corrected chi connectivity index (χ1v) is 9.27. The maximum absolute atomic E-state index is 12.0. The molecule has 0 saturated carbocycles. The highest BCUT2D eigenvalue weighted by Crippen LogP contribution is 2.16. The summed E-state index contributed by atoms with van der Waals surface area (Å²) in [7, 11) is 0. The van der Waals surface area contributed by atoms with E-state index in [0.717, 1.165) is 28.3 Å². The van der Waals surface area contributed by atoms with Crippen LogP contribution in [-0.4, -0.2) is 24.2 Å².